The second kappa shape index (κ2) is 13.9. The van der Waals surface area contributed by atoms with E-state index in [4.69, 9.17) is 14.2 Å². The van der Waals surface area contributed by atoms with Gasteiger partial charge in [-0.25, -0.2) is 0 Å². The van der Waals surface area contributed by atoms with Crippen LogP contribution in [0.2, 0.25) is 4.47 Å². The van der Waals surface area contributed by atoms with E-state index in [0.29, 0.717) is 13.2 Å². The zero-order valence-electron chi connectivity index (χ0n) is 17.5. The second-order valence-electron chi connectivity index (χ2n) is 6.32. The Morgan fingerprint density at radius 2 is 1.47 bits per heavy atom. The fourth-order valence-electron chi connectivity index (χ4n) is 2.67. The van der Waals surface area contributed by atoms with E-state index in [2.05, 4.69) is 12.1 Å². The summed E-state index contributed by atoms with van der Waals surface area (Å²) in [5.74, 6) is 0.182. The molecule has 7 heteroatoms. The Hall–Kier alpha value is -2.23. The molecule has 0 aliphatic heterocycles. The Labute approximate surface area is 188 Å². The molecule has 2 aromatic rings. The van der Waals surface area contributed by atoms with Gasteiger partial charge in [-0.3, -0.25) is 0 Å². The number of esters is 2. The summed E-state index contributed by atoms with van der Waals surface area (Å²) in [7, 11) is 0. The first-order chi connectivity index (χ1) is 14.6. The molecule has 30 heavy (non-hydrogen) atoms. The van der Waals surface area contributed by atoms with E-state index >= 15 is 0 Å². The van der Waals surface area contributed by atoms with Crippen molar-refractivity contribution in [3.8, 4) is 5.75 Å². The Morgan fingerprint density at radius 1 is 0.867 bits per heavy atom. The van der Waals surface area contributed by atoms with Crippen molar-refractivity contribution >= 4 is 42.2 Å². The van der Waals surface area contributed by atoms with Crippen LogP contribution < -0.4 is 13.2 Å². The first kappa shape index (κ1) is 24.0. The van der Waals surface area contributed by atoms with E-state index in [-0.39, 0.29) is 46.0 Å². The van der Waals surface area contributed by atoms with Gasteiger partial charge in [-0.05, 0) is 0 Å². The van der Waals surface area contributed by atoms with Gasteiger partial charge in [-0.15, -0.1) is 0 Å². The predicted molar refractivity (Wildman–Crippen MR) is 119 cm³/mol. The number of anilines is 1. The number of para-hydroxylation sites is 1. The van der Waals surface area contributed by atoms with Crippen LogP contribution in [0.1, 0.15) is 20.3 Å². The summed E-state index contributed by atoms with van der Waals surface area (Å²) in [4.78, 5) is 25.5. The van der Waals surface area contributed by atoms with Crippen LogP contribution in [0.4, 0.5) is 5.69 Å². The van der Waals surface area contributed by atoms with Crippen LogP contribution in [0.5, 0.6) is 5.75 Å². The molecule has 2 rings (SSSR count). The Balaban J connectivity index is 1.84. The molecule has 0 amide bonds. The maximum atomic E-state index is 11.9. The van der Waals surface area contributed by atoms with Gasteiger partial charge in [0, 0.05) is 0 Å². The number of benzene rings is 2. The first-order valence-electron chi connectivity index (χ1n) is 10.1. The fourth-order valence-corrected chi connectivity index (χ4v) is 5.03. The van der Waals surface area contributed by atoms with Gasteiger partial charge in [0.2, 0.25) is 0 Å². The van der Waals surface area contributed by atoms with E-state index in [1.54, 1.807) is 18.7 Å². The van der Waals surface area contributed by atoms with E-state index < -0.39 is 0 Å². The Kier molecular flexibility index (Phi) is 11.1. The number of rotatable bonds is 13. The van der Waals surface area contributed by atoms with E-state index in [9.17, 15) is 9.59 Å². The third kappa shape index (κ3) is 9.06. The molecule has 6 nitrogen and oxygen atoms in total. The van der Waals surface area contributed by atoms with Gasteiger partial charge in [-0.2, -0.15) is 0 Å². The van der Waals surface area contributed by atoms with Crippen LogP contribution in [-0.2, 0) is 19.1 Å². The molecule has 0 saturated carbocycles. The van der Waals surface area contributed by atoms with Crippen LogP contribution in [0.15, 0.2) is 54.6 Å². The van der Waals surface area contributed by atoms with Crippen LogP contribution in [0, 0.1) is 0 Å². The van der Waals surface area contributed by atoms with Crippen molar-refractivity contribution in [2.45, 2.75) is 24.7 Å². The zero-order valence-corrected chi connectivity index (χ0v) is 19.9. The van der Waals surface area contributed by atoms with Gasteiger partial charge >= 0.3 is 189 Å². The van der Waals surface area contributed by atoms with Crippen molar-refractivity contribution in [1.82, 2.24) is 0 Å². The minimum absolute atomic E-state index is 0.0134. The standard InChI is InChI=1S/C23H29NO5Te/c1-3-27-22(25)17-24(18-23(26)28-4-2)19-11-13-21(14-12-19)30-16-8-15-29-20-9-6-5-7-10-20/h5-7,9-14H,3-4,8,15-18H2,1-2H3. The van der Waals surface area contributed by atoms with Crippen molar-refractivity contribution in [1.29, 1.82) is 0 Å². The second-order valence-corrected chi connectivity index (χ2v) is 9.66. The predicted octanol–water partition coefficient (Wildman–Crippen LogP) is 2.84. The summed E-state index contributed by atoms with van der Waals surface area (Å²) < 4.78 is 18.3. The SMILES string of the molecule is CCOC(=O)CN(CC(=O)OCC)c1ccc([Te]CCCOc2ccccc2)cc1. The molecule has 0 bridgehead atoms. The number of ether oxygens (including phenoxy) is 3. The van der Waals surface area contributed by atoms with Crippen LogP contribution in [0.3, 0.4) is 0 Å². The molecule has 0 heterocycles. The molecule has 0 aliphatic rings. The Bertz CT molecular complexity index is 747. The molecular weight excluding hydrogens is 498 g/mol. The van der Waals surface area contributed by atoms with E-state index in [1.807, 2.05) is 42.5 Å². The van der Waals surface area contributed by atoms with Crippen molar-refractivity contribution in [3.05, 3.63) is 54.6 Å². The summed E-state index contributed by atoms with van der Waals surface area (Å²) in [6.45, 7) is 4.89. The third-order valence-corrected chi connectivity index (χ3v) is 7.16. The van der Waals surface area contributed by atoms with Crippen molar-refractivity contribution < 1.29 is 23.8 Å². The number of carbonyl (C=O) groups excluding carboxylic acids is 2. The van der Waals surface area contributed by atoms with Crippen molar-refractivity contribution in [3.63, 3.8) is 0 Å². The maximum absolute atomic E-state index is 11.9. The molecular formula is C23H29NO5Te. The molecule has 0 N–H and O–H groups in total. The molecule has 0 aliphatic carbocycles. The van der Waals surface area contributed by atoms with Crippen LogP contribution in [0.25, 0.3) is 0 Å². The van der Waals surface area contributed by atoms with Gasteiger partial charge in [0.05, 0.1) is 0 Å². The summed E-state index contributed by atoms with van der Waals surface area (Å²) in [6, 6.07) is 17.9. The van der Waals surface area contributed by atoms with Crippen molar-refractivity contribution in [2.24, 2.45) is 0 Å². The van der Waals surface area contributed by atoms with E-state index in [0.717, 1.165) is 28.9 Å². The molecule has 0 aromatic heterocycles. The fraction of sp³-hybridized carbons (Fsp3) is 0.391. The van der Waals surface area contributed by atoms with E-state index in [1.165, 1.54) is 3.61 Å². The molecule has 0 fully saturated rings. The number of hydrogen-bond acceptors (Lipinski definition) is 6. The zero-order chi connectivity index (χ0) is 21.6. The minimum atomic E-state index is -0.363. The van der Waals surface area contributed by atoms with Crippen LogP contribution >= 0.6 is 0 Å². The van der Waals surface area contributed by atoms with Gasteiger partial charge in [0.15, 0.2) is 0 Å². The number of carbonyl (C=O) groups is 2. The molecule has 0 spiro atoms. The number of nitrogens with zero attached hydrogens (tertiary/aromatic N) is 1. The van der Waals surface area contributed by atoms with Gasteiger partial charge in [0.25, 0.3) is 0 Å². The molecule has 2 aromatic carbocycles. The van der Waals surface area contributed by atoms with Gasteiger partial charge in [0.1, 0.15) is 0 Å². The topological polar surface area (TPSA) is 65.1 Å². The van der Waals surface area contributed by atoms with Gasteiger partial charge in [-0.1, -0.05) is 0 Å². The third-order valence-electron chi connectivity index (χ3n) is 4.02. The normalized spacial score (nSPS) is 10.3. The molecule has 162 valence electrons. The first-order valence-corrected chi connectivity index (χ1v) is 12.9. The molecule has 0 unspecified atom stereocenters. The van der Waals surface area contributed by atoms with Crippen LogP contribution in [-0.4, -0.2) is 65.8 Å². The molecule has 0 radical (unpaired) electrons. The summed E-state index contributed by atoms with van der Waals surface area (Å²) in [5, 5.41) is 0. The summed E-state index contributed by atoms with van der Waals surface area (Å²) in [5.41, 5.74) is 0.805. The molecule has 0 saturated heterocycles. The summed E-state index contributed by atoms with van der Waals surface area (Å²) >= 11 is -0.309. The average Bonchev–Trinajstić information content (AvgIpc) is 2.74. The number of hydrogen-bond donors (Lipinski definition) is 0. The quantitative estimate of drug-likeness (QED) is 0.227. The van der Waals surface area contributed by atoms with Crippen molar-refractivity contribution in [2.75, 3.05) is 37.8 Å². The molecule has 0 atom stereocenters. The monoisotopic (exact) mass is 529 g/mol. The Morgan fingerprint density at radius 3 is 2.03 bits per heavy atom. The van der Waals surface area contributed by atoms with Gasteiger partial charge < -0.3 is 0 Å². The average molecular weight is 527 g/mol. The summed E-state index contributed by atoms with van der Waals surface area (Å²) in [6.07, 6.45) is 1.02.